The maximum Gasteiger partial charge on any atom is 0.131 e. The molecular formula is C13H17N3O2. The smallest absolute Gasteiger partial charge is 0.131 e. The van der Waals surface area contributed by atoms with Crippen molar-refractivity contribution in [2.45, 2.75) is 6.54 Å². The Bertz CT molecular complexity index is 549. The fourth-order valence-electron chi connectivity index (χ4n) is 1.97. The van der Waals surface area contributed by atoms with E-state index < -0.39 is 0 Å². The average molecular weight is 247 g/mol. The number of aryl methyl sites for hydroxylation is 1. The Morgan fingerprint density at radius 2 is 2.06 bits per heavy atom. The van der Waals surface area contributed by atoms with E-state index in [9.17, 15) is 0 Å². The van der Waals surface area contributed by atoms with E-state index in [0.717, 1.165) is 28.5 Å². The van der Waals surface area contributed by atoms with Crippen molar-refractivity contribution in [2.24, 2.45) is 12.8 Å². The van der Waals surface area contributed by atoms with Gasteiger partial charge in [-0.05, 0) is 12.1 Å². The van der Waals surface area contributed by atoms with Crippen LogP contribution < -0.4 is 15.2 Å². The van der Waals surface area contributed by atoms with Crippen molar-refractivity contribution in [2.75, 3.05) is 14.2 Å². The van der Waals surface area contributed by atoms with E-state index in [1.807, 2.05) is 29.8 Å². The zero-order valence-electron chi connectivity index (χ0n) is 10.8. The van der Waals surface area contributed by atoms with Crippen LogP contribution in [0.5, 0.6) is 11.5 Å². The predicted octanol–water partition coefficient (Wildman–Crippen LogP) is 1.56. The number of benzene rings is 1. The van der Waals surface area contributed by atoms with Crippen LogP contribution in [-0.2, 0) is 13.6 Å². The van der Waals surface area contributed by atoms with Crippen LogP contribution in [0, 0.1) is 0 Å². The molecule has 2 aromatic rings. The van der Waals surface area contributed by atoms with Crippen molar-refractivity contribution in [3.8, 4) is 22.8 Å². The van der Waals surface area contributed by atoms with E-state index in [4.69, 9.17) is 15.2 Å². The molecule has 0 unspecified atom stereocenters. The van der Waals surface area contributed by atoms with Crippen LogP contribution in [0.15, 0.2) is 24.5 Å². The van der Waals surface area contributed by atoms with Crippen molar-refractivity contribution in [1.82, 2.24) is 9.55 Å². The van der Waals surface area contributed by atoms with Gasteiger partial charge in [-0.1, -0.05) is 0 Å². The van der Waals surface area contributed by atoms with Crippen LogP contribution in [0.3, 0.4) is 0 Å². The first-order chi connectivity index (χ1) is 8.71. The molecule has 0 radical (unpaired) electrons. The lowest BCUT2D eigenvalue weighted by molar-refractivity contribution is 0.395. The Morgan fingerprint density at radius 1 is 1.28 bits per heavy atom. The maximum absolute atomic E-state index is 5.71. The van der Waals surface area contributed by atoms with Crippen LogP contribution in [0.4, 0.5) is 0 Å². The predicted molar refractivity (Wildman–Crippen MR) is 69.6 cm³/mol. The van der Waals surface area contributed by atoms with Crippen LogP contribution in [0.1, 0.15) is 5.69 Å². The van der Waals surface area contributed by atoms with Crippen molar-refractivity contribution in [3.63, 3.8) is 0 Å². The van der Waals surface area contributed by atoms with Gasteiger partial charge >= 0.3 is 0 Å². The molecular weight excluding hydrogens is 230 g/mol. The molecule has 96 valence electrons. The van der Waals surface area contributed by atoms with Crippen molar-refractivity contribution < 1.29 is 9.47 Å². The summed E-state index contributed by atoms with van der Waals surface area (Å²) in [6.07, 6.45) is 1.75. The van der Waals surface area contributed by atoms with E-state index in [1.165, 1.54) is 0 Å². The van der Waals surface area contributed by atoms with Gasteiger partial charge in [-0.3, -0.25) is 0 Å². The molecule has 0 spiro atoms. The molecule has 0 amide bonds. The lowest BCUT2D eigenvalue weighted by atomic mass is 10.1. The Morgan fingerprint density at radius 3 is 2.67 bits per heavy atom. The standard InChI is InChI=1S/C13H17N3O2/c1-16-8-15-11(7-14)13(16)10-5-4-9(17-2)6-12(10)18-3/h4-6,8H,7,14H2,1-3H3. The highest BCUT2D eigenvalue weighted by Gasteiger charge is 2.15. The van der Waals surface area contributed by atoms with Gasteiger partial charge in [-0.25, -0.2) is 4.98 Å². The lowest BCUT2D eigenvalue weighted by Crippen LogP contribution is -2.02. The molecule has 2 rings (SSSR count). The van der Waals surface area contributed by atoms with Crippen LogP contribution in [0.2, 0.25) is 0 Å². The quantitative estimate of drug-likeness (QED) is 0.890. The van der Waals surface area contributed by atoms with E-state index in [-0.39, 0.29) is 0 Å². The lowest BCUT2D eigenvalue weighted by Gasteiger charge is -2.12. The third kappa shape index (κ3) is 2.04. The van der Waals surface area contributed by atoms with E-state index in [2.05, 4.69) is 4.98 Å². The zero-order valence-corrected chi connectivity index (χ0v) is 10.8. The monoisotopic (exact) mass is 247 g/mol. The Hall–Kier alpha value is -2.01. The van der Waals surface area contributed by atoms with Gasteiger partial charge < -0.3 is 19.8 Å². The second-order valence-electron chi connectivity index (χ2n) is 3.92. The highest BCUT2D eigenvalue weighted by molar-refractivity contribution is 5.71. The molecule has 18 heavy (non-hydrogen) atoms. The zero-order chi connectivity index (χ0) is 13.1. The molecule has 0 aliphatic rings. The maximum atomic E-state index is 5.71. The van der Waals surface area contributed by atoms with Crippen LogP contribution >= 0.6 is 0 Å². The fraction of sp³-hybridized carbons (Fsp3) is 0.308. The summed E-state index contributed by atoms with van der Waals surface area (Å²) in [6, 6.07) is 5.70. The number of nitrogens with zero attached hydrogens (tertiary/aromatic N) is 2. The van der Waals surface area contributed by atoms with Gasteiger partial charge in [-0.2, -0.15) is 0 Å². The first-order valence-corrected chi connectivity index (χ1v) is 5.64. The van der Waals surface area contributed by atoms with Gasteiger partial charge in [0, 0.05) is 25.2 Å². The molecule has 1 aromatic heterocycles. The summed E-state index contributed by atoms with van der Waals surface area (Å²) in [5, 5.41) is 0. The number of hydrogen-bond donors (Lipinski definition) is 1. The molecule has 1 heterocycles. The van der Waals surface area contributed by atoms with Crippen molar-refractivity contribution in [3.05, 3.63) is 30.2 Å². The molecule has 0 aliphatic carbocycles. The minimum Gasteiger partial charge on any atom is -0.497 e. The van der Waals surface area contributed by atoms with Crippen molar-refractivity contribution >= 4 is 0 Å². The number of nitrogens with two attached hydrogens (primary N) is 1. The third-order valence-electron chi connectivity index (χ3n) is 2.87. The van der Waals surface area contributed by atoms with Gasteiger partial charge in [0.1, 0.15) is 11.5 Å². The second kappa shape index (κ2) is 5.10. The number of hydrogen-bond acceptors (Lipinski definition) is 4. The number of aromatic nitrogens is 2. The minimum absolute atomic E-state index is 0.394. The van der Waals surface area contributed by atoms with Gasteiger partial charge in [0.05, 0.1) is 31.9 Å². The van der Waals surface area contributed by atoms with Gasteiger partial charge in [0.25, 0.3) is 0 Å². The van der Waals surface area contributed by atoms with E-state index >= 15 is 0 Å². The van der Waals surface area contributed by atoms with Gasteiger partial charge in [0.2, 0.25) is 0 Å². The average Bonchev–Trinajstić information content (AvgIpc) is 2.78. The second-order valence-corrected chi connectivity index (χ2v) is 3.92. The van der Waals surface area contributed by atoms with Gasteiger partial charge in [0.15, 0.2) is 0 Å². The Labute approximate surface area is 106 Å². The summed E-state index contributed by atoms with van der Waals surface area (Å²) >= 11 is 0. The highest BCUT2D eigenvalue weighted by Crippen LogP contribution is 2.34. The highest BCUT2D eigenvalue weighted by atomic mass is 16.5. The topological polar surface area (TPSA) is 62.3 Å². The Balaban J connectivity index is 2.59. The van der Waals surface area contributed by atoms with Crippen molar-refractivity contribution in [1.29, 1.82) is 0 Å². The first-order valence-electron chi connectivity index (χ1n) is 5.64. The molecule has 5 nitrogen and oxygen atoms in total. The fourth-order valence-corrected chi connectivity index (χ4v) is 1.97. The first kappa shape index (κ1) is 12.4. The summed E-state index contributed by atoms with van der Waals surface area (Å²) in [7, 11) is 5.20. The molecule has 2 N–H and O–H groups in total. The molecule has 0 bridgehead atoms. The minimum atomic E-state index is 0.394. The third-order valence-corrected chi connectivity index (χ3v) is 2.87. The SMILES string of the molecule is COc1ccc(-c2c(CN)ncn2C)c(OC)c1. The molecule has 1 aromatic carbocycles. The van der Waals surface area contributed by atoms with E-state index in [0.29, 0.717) is 6.54 Å². The number of rotatable bonds is 4. The molecule has 5 heteroatoms. The summed E-state index contributed by atoms with van der Waals surface area (Å²) in [5.41, 5.74) is 8.48. The Kier molecular flexibility index (Phi) is 3.53. The van der Waals surface area contributed by atoms with Crippen LogP contribution in [-0.4, -0.2) is 23.8 Å². The normalized spacial score (nSPS) is 10.4. The largest absolute Gasteiger partial charge is 0.497 e. The molecule has 0 saturated carbocycles. The number of imidazole rings is 1. The molecule has 0 saturated heterocycles. The summed E-state index contributed by atoms with van der Waals surface area (Å²) in [6.45, 7) is 0.394. The summed E-state index contributed by atoms with van der Waals surface area (Å²) in [4.78, 5) is 4.28. The van der Waals surface area contributed by atoms with E-state index in [1.54, 1.807) is 20.5 Å². The summed E-state index contributed by atoms with van der Waals surface area (Å²) < 4.78 is 12.5. The molecule has 0 aliphatic heterocycles. The van der Waals surface area contributed by atoms with Gasteiger partial charge in [-0.15, -0.1) is 0 Å². The van der Waals surface area contributed by atoms with Crippen LogP contribution in [0.25, 0.3) is 11.3 Å². The molecule has 0 atom stereocenters. The number of ether oxygens (including phenoxy) is 2. The molecule has 0 fully saturated rings. The number of methoxy groups -OCH3 is 2. The summed E-state index contributed by atoms with van der Waals surface area (Å²) in [5.74, 6) is 1.50.